The Morgan fingerprint density at radius 1 is 1.31 bits per heavy atom. The molecule has 0 radical (unpaired) electrons. The van der Waals surface area contributed by atoms with Crippen LogP contribution >= 0.6 is 0 Å². The summed E-state index contributed by atoms with van der Waals surface area (Å²) >= 11 is 0. The van der Waals surface area contributed by atoms with E-state index in [1.54, 1.807) is 18.2 Å². The minimum absolute atomic E-state index is 0. The molecule has 0 bridgehead atoms. The van der Waals surface area contributed by atoms with Crippen LogP contribution in [0.2, 0.25) is 0 Å². The molecule has 0 amide bonds. The second-order valence-electron chi connectivity index (χ2n) is 2.03. The molecule has 0 aliphatic carbocycles. The van der Waals surface area contributed by atoms with E-state index in [0.717, 1.165) is 6.26 Å². The molecular weight excluding hydrogens is 215 g/mol. The first-order chi connectivity index (χ1) is 5.67. The third kappa shape index (κ3) is 3.93. The van der Waals surface area contributed by atoms with Crippen LogP contribution in [-0.4, -0.2) is 8.42 Å². The van der Waals surface area contributed by atoms with Crippen LogP contribution in [0.15, 0.2) is 48.1 Å². The summed E-state index contributed by atoms with van der Waals surface area (Å²) < 4.78 is 26.6. The van der Waals surface area contributed by atoms with E-state index in [0.29, 0.717) is 0 Å². The molecule has 1 aromatic carbocycles. The quantitative estimate of drug-likeness (QED) is 0.362. The molecule has 1 rings (SSSR count). The van der Waals surface area contributed by atoms with Crippen LogP contribution in [0.4, 0.5) is 0 Å². The first-order valence-corrected chi connectivity index (χ1v) is 4.67. The molecule has 0 fully saturated rings. The van der Waals surface area contributed by atoms with E-state index in [-0.39, 0.29) is 57.7 Å². The van der Waals surface area contributed by atoms with E-state index in [1.807, 2.05) is 0 Å². The van der Waals surface area contributed by atoms with Crippen LogP contribution in [0.5, 0.6) is 0 Å². The van der Waals surface area contributed by atoms with Crippen molar-refractivity contribution in [1.29, 1.82) is 0 Å². The molecule has 3 nitrogen and oxygen atoms in total. The van der Waals surface area contributed by atoms with E-state index < -0.39 is 10.1 Å². The Morgan fingerprint density at radius 3 is 2.31 bits per heavy atom. The SMILES string of the molecule is C=COS(=O)(=O)c1ccccc1.[H-].[K+]. The summed E-state index contributed by atoms with van der Waals surface area (Å²) in [5.41, 5.74) is 0. The second-order valence-corrected chi connectivity index (χ2v) is 3.60. The summed E-state index contributed by atoms with van der Waals surface area (Å²) in [6, 6.07) is 7.89. The fraction of sp³-hybridized carbons (Fsp3) is 0. The predicted octanol–water partition coefficient (Wildman–Crippen LogP) is -1.35. The molecule has 66 valence electrons. The van der Waals surface area contributed by atoms with Gasteiger partial charge in [-0.2, -0.15) is 8.42 Å². The number of benzene rings is 1. The van der Waals surface area contributed by atoms with Crippen molar-refractivity contribution in [1.82, 2.24) is 0 Å². The maximum absolute atomic E-state index is 11.1. The molecule has 0 aliphatic rings. The molecule has 0 aromatic heterocycles. The van der Waals surface area contributed by atoms with Gasteiger partial charge in [0.25, 0.3) is 0 Å². The van der Waals surface area contributed by atoms with Gasteiger partial charge in [0, 0.05) is 0 Å². The van der Waals surface area contributed by atoms with Crippen LogP contribution in [0.3, 0.4) is 0 Å². The Morgan fingerprint density at radius 2 is 1.85 bits per heavy atom. The van der Waals surface area contributed by atoms with Crippen molar-refractivity contribution in [2.45, 2.75) is 4.90 Å². The number of hydrogen-bond donors (Lipinski definition) is 0. The minimum atomic E-state index is -3.63. The molecule has 0 saturated carbocycles. The van der Waals surface area contributed by atoms with Gasteiger partial charge in [-0.1, -0.05) is 24.8 Å². The number of hydrogen-bond acceptors (Lipinski definition) is 3. The van der Waals surface area contributed by atoms with Gasteiger partial charge in [0.05, 0.1) is 6.26 Å². The molecule has 0 unspecified atom stereocenters. The standard InChI is InChI=1S/C8H8O3S.K.H/c1-2-11-12(9,10)8-6-4-3-5-7-8;;/h2-7H,1H2;;/q;+1;-1. The molecule has 5 heteroatoms. The van der Waals surface area contributed by atoms with E-state index in [4.69, 9.17) is 0 Å². The summed E-state index contributed by atoms with van der Waals surface area (Å²) in [6.07, 6.45) is 0.891. The Labute approximate surface area is 122 Å². The fourth-order valence-electron chi connectivity index (χ4n) is 0.732. The van der Waals surface area contributed by atoms with Gasteiger partial charge in [0.2, 0.25) is 0 Å². The smallest absolute Gasteiger partial charge is 1.00 e. The molecule has 0 N–H and O–H groups in total. The van der Waals surface area contributed by atoms with Crippen LogP contribution in [-0.2, 0) is 14.3 Å². The van der Waals surface area contributed by atoms with Crippen molar-refractivity contribution >= 4 is 10.1 Å². The Balaban J connectivity index is 0. The molecule has 0 heterocycles. The summed E-state index contributed by atoms with van der Waals surface area (Å²) in [5, 5.41) is 0. The molecule has 13 heavy (non-hydrogen) atoms. The normalized spacial score (nSPS) is 9.85. The Kier molecular flexibility index (Phi) is 6.11. The van der Waals surface area contributed by atoms with E-state index in [1.165, 1.54) is 12.1 Å². The van der Waals surface area contributed by atoms with Gasteiger partial charge in [-0.15, -0.1) is 0 Å². The fourth-order valence-corrected chi connectivity index (χ4v) is 1.51. The van der Waals surface area contributed by atoms with Gasteiger partial charge in [0.15, 0.2) is 0 Å². The van der Waals surface area contributed by atoms with E-state index in [2.05, 4.69) is 10.8 Å². The largest absolute Gasteiger partial charge is 1.00 e. The molecule has 0 aliphatic heterocycles. The monoisotopic (exact) mass is 224 g/mol. The zero-order chi connectivity index (χ0) is 9.03. The maximum Gasteiger partial charge on any atom is 1.00 e. The first kappa shape index (κ1) is 13.3. The van der Waals surface area contributed by atoms with Crippen LogP contribution in [0.25, 0.3) is 0 Å². The average Bonchev–Trinajstić information content (AvgIpc) is 2.06. The van der Waals surface area contributed by atoms with Crippen molar-refractivity contribution in [3.8, 4) is 0 Å². The van der Waals surface area contributed by atoms with Crippen LogP contribution in [0.1, 0.15) is 1.43 Å². The molecule has 0 spiro atoms. The molecule has 0 saturated heterocycles. The number of rotatable bonds is 3. The third-order valence-corrected chi connectivity index (χ3v) is 2.47. The van der Waals surface area contributed by atoms with Crippen LogP contribution in [0, 0.1) is 0 Å². The second kappa shape index (κ2) is 5.95. The van der Waals surface area contributed by atoms with Gasteiger partial charge in [0.1, 0.15) is 4.90 Å². The van der Waals surface area contributed by atoms with Crippen molar-refractivity contribution in [2.75, 3.05) is 0 Å². The van der Waals surface area contributed by atoms with Crippen molar-refractivity contribution in [2.24, 2.45) is 0 Å². The topological polar surface area (TPSA) is 43.4 Å². The van der Waals surface area contributed by atoms with Gasteiger partial charge in [-0.05, 0) is 12.1 Å². The molecule has 0 atom stereocenters. The van der Waals surface area contributed by atoms with Gasteiger partial charge < -0.3 is 5.61 Å². The zero-order valence-electron chi connectivity index (χ0n) is 8.30. The van der Waals surface area contributed by atoms with Crippen molar-refractivity contribution in [3.05, 3.63) is 43.2 Å². The maximum atomic E-state index is 11.1. The summed E-state index contributed by atoms with van der Waals surface area (Å²) in [4.78, 5) is 0.130. The molecule has 1 aromatic rings. The van der Waals surface area contributed by atoms with Crippen molar-refractivity contribution in [3.63, 3.8) is 0 Å². The Hall–Kier alpha value is 0.346. The van der Waals surface area contributed by atoms with Gasteiger partial charge >= 0.3 is 61.5 Å². The van der Waals surface area contributed by atoms with Crippen molar-refractivity contribution < 1.29 is 65.4 Å². The Bertz CT molecular complexity index is 363. The van der Waals surface area contributed by atoms with Gasteiger partial charge in [-0.3, -0.25) is 0 Å². The molecular formula is C8H9KO3S. The van der Waals surface area contributed by atoms with Crippen LogP contribution < -0.4 is 51.4 Å². The minimum Gasteiger partial charge on any atom is -1.00 e. The summed E-state index contributed by atoms with van der Waals surface area (Å²) in [6.45, 7) is 3.17. The first-order valence-electron chi connectivity index (χ1n) is 3.26. The average molecular weight is 224 g/mol. The summed E-state index contributed by atoms with van der Waals surface area (Å²) in [7, 11) is -3.63. The third-order valence-electron chi connectivity index (χ3n) is 1.23. The predicted molar refractivity (Wildman–Crippen MR) is 46.0 cm³/mol. The summed E-state index contributed by atoms with van der Waals surface area (Å²) in [5.74, 6) is 0. The van der Waals surface area contributed by atoms with E-state index >= 15 is 0 Å². The van der Waals surface area contributed by atoms with E-state index in [9.17, 15) is 8.42 Å². The van der Waals surface area contributed by atoms with Gasteiger partial charge in [-0.25, -0.2) is 0 Å². The zero-order valence-corrected chi connectivity index (χ0v) is 11.2.